The maximum absolute atomic E-state index is 13.1. The van der Waals surface area contributed by atoms with Gasteiger partial charge >= 0.3 is 6.03 Å². The number of amides is 4. The van der Waals surface area contributed by atoms with E-state index in [9.17, 15) is 14.4 Å². The highest BCUT2D eigenvalue weighted by atomic mass is 16.2. The first kappa shape index (κ1) is 20.4. The van der Waals surface area contributed by atoms with Crippen molar-refractivity contribution in [1.82, 2.24) is 15.1 Å². The highest BCUT2D eigenvalue weighted by Gasteiger charge is 2.49. The lowest BCUT2D eigenvalue weighted by molar-refractivity contribution is -0.139. The number of likely N-dealkylation sites (tertiary alicyclic amines) is 1. The number of hydrogen-bond acceptors (Lipinski definition) is 3. The van der Waals surface area contributed by atoms with Crippen molar-refractivity contribution < 1.29 is 14.4 Å². The van der Waals surface area contributed by atoms with Crippen molar-refractivity contribution in [2.45, 2.75) is 58.4 Å². The minimum atomic E-state index is -1.15. The molecule has 0 aromatic heterocycles. The molecule has 2 aliphatic rings. The fraction of sp³-hybridized carbons (Fsp3) is 0.591. The maximum Gasteiger partial charge on any atom is 0.325 e. The van der Waals surface area contributed by atoms with E-state index in [1.807, 2.05) is 24.3 Å². The SMILES string of the molecule is CC1CCCN(C(=O)CN2C(=O)NC(C)(c3ccc(C(C)(C)C)cc3)C2=O)C1. The molecule has 28 heavy (non-hydrogen) atoms. The van der Waals surface area contributed by atoms with Crippen molar-refractivity contribution >= 4 is 17.8 Å². The van der Waals surface area contributed by atoms with Gasteiger partial charge in [0, 0.05) is 13.1 Å². The van der Waals surface area contributed by atoms with Crippen molar-refractivity contribution in [1.29, 1.82) is 0 Å². The van der Waals surface area contributed by atoms with Gasteiger partial charge in [-0.3, -0.25) is 14.5 Å². The molecule has 6 heteroatoms. The molecule has 1 aromatic rings. The highest BCUT2D eigenvalue weighted by molar-refractivity contribution is 6.09. The summed E-state index contributed by atoms with van der Waals surface area (Å²) in [4.78, 5) is 41.0. The third kappa shape index (κ3) is 3.77. The molecule has 1 N–H and O–H groups in total. The zero-order valence-electron chi connectivity index (χ0n) is 17.5. The van der Waals surface area contributed by atoms with E-state index in [1.54, 1.807) is 11.8 Å². The van der Waals surface area contributed by atoms with Gasteiger partial charge < -0.3 is 10.2 Å². The lowest BCUT2D eigenvalue weighted by atomic mass is 9.84. The van der Waals surface area contributed by atoms with Crippen LogP contribution in [0.2, 0.25) is 0 Å². The molecule has 2 fully saturated rings. The van der Waals surface area contributed by atoms with Gasteiger partial charge in [0.25, 0.3) is 5.91 Å². The molecule has 2 heterocycles. The zero-order valence-corrected chi connectivity index (χ0v) is 17.5. The minimum absolute atomic E-state index is 0.00635. The van der Waals surface area contributed by atoms with E-state index in [0.717, 1.165) is 28.9 Å². The number of nitrogens with one attached hydrogen (secondary N) is 1. The average molecular weight is 386 g/mol. The molecule has 0 radical (unpaired) electrons. The van der Waals surface area contributed by atoms with E-state index in [4.69, 9.17) is 0 Å². The molecular weight excluding hydrogens is 354 g/mol. The summed E-state index contributed by atoms with van der Waals surface area (Å²) in [6, 6.07) is 7.24. The van der Waals surface area contributed by atoms with Crippen LogP contribution in [-0.2, 0) is 20.5 Å². The van der Waals surface area contributed by atoms with Crippen LogP contribution in [0.1, 0.15) is 58.6 Å². The van der Waals surface area contributed by atoms with Crippen molar-refractivity contribution in [3.8, 4) is 0 Å². The normalized spacial score (nSPS) is 25.8. The molecule has 2 atom stereocenters. The Morgan fingerprint density at radius 1 is 1.21 bits per heavy atom. The Balaban J connectivity index is 1.76. The molecule has 3 rings (SSSR count). The second-order valence-electron chi connectivity index (χ2n) is 9.36. The molecule has 6 nitrogen and oxygen atoms in total. The van der Waals surface area contributed by atoms with Crippen LogP contribution in [0.5, 0.6) is 0 Å². The van der Waals surface area contributed by atoms with Crippen LogP contribution in [-0.4, -0.2) is 47.3 Å². The summed E-state index contributed by atoms with van der Waals surface area (Å²) in [5, 5.41) is 2.79. The Hall–Kier alpha value is -2.37. The molecule has 0 spiro atoms. The van der Waals surface area contributed by atoms with Gasteiger partial charge in [-0.05, 0) is 42.2 Å². The Morgan fingerprint density at radius 3 is 2.43 bits per heavy atom. The molecule has 1 aromatic carbocycles. The van der Waals surface area contributed by atoms with E-state index >= 15 is 0 Å². The summed E-state index contributed by atoms with van der Waals surface area (Å²) >= 11 is 0. The standard InChI is InChI=1S/C22H31N3O3/c1-15-7-6-12-24(13-15)18(26)14-25-19(27)22(5,23-20(25)28)17-10-8-16(9-11-17)21(2,3)4/h8-11,15H,6-7,12-14H2,1-5H3,(H,23,28). The number of benzene rings is 1. The summed E-state index contributed by atoms with van der Waals surface area (Å²) in [7, 11) is 0. The number of rotatable bonds is 3. The van der Waals surface area contributed by atoms with E-state index in [2.05, 4.69) is 33.0 Å². The topological polar surface area (TPSA) is 69.7 Å². The van der Waals surface area contributed by atoms with Gasteiger partial charge in [-0.1, -0.05) is 52.0 Å². The monoisotopic (exact) mass is 385 g/mol. The van der Waals surface area contributed by atoms with E-state index in [-0.39, 0.29) is 23.8 Å². The number of urea groups is 1. The maximum atomic E-state index is 13.1. The molecule has 4 amide bonds. The van der Waals surface area contributed by atoms with Crippen LogP contribution in [0, 0.1) is 5.92 Å². The lowest BCUT2D eigenvalue weighted by Crippen LogP contribution is -2.47. The summed E-state index contributed by atoms with van der Waals surface area (Å²) in [6.45, 7) is 11.4. The van der Waals surface area contributed by atoms with Crippen LogP contribution in [0.25, 0.3) is 0 Å². The van der Waals surface area contributed by atoms with Gasteiger partial charge in [0.15, 0.2) is 0 Å². The molecule has 0 aliphatic carbocycles. The van der Waals surface area contributed by atoms with Crippen LogP contribution in [0.15, 0.2) is 24.3 Å². The molecular formula is C22H31N3O3. The first-order valence-electron chi connectivity index (χ1n) is 10.1. The van der Waals surface area contributed by atoms with Gasteiger partial charge in [-0.2, -0.15) is 0 Å². The first-order chi connectivity index (χ1) is 13.0. The number of carbonyl (C=O) groups is 3. The van der Waals surface area contributed by atoms with E-state index < -0.39 is 11.6 Å². The second-order valence-corrected chi connectivity index (χ2v) is 9.36. The summed E-state index contributed by atoms with van der Waals surface area (Å²) in [5.41, 5.74) is 0.735. The molecule has 2 unspecified atom stereocenters. The second kappa shape index (κ2) is 7.22. The number of hydrogen-bond donors (Lipinski definition) is 1. The Labute approximate surface area is 167 Å². The molecule has 2 aliphatic heterocycles. The smallest absolute Gasteiger partial charge is 0.325 e. The molecule has 0 bridgehead atoms. The zero-order chi connectivity index (χ0) is 20.7. The molecule has 2 saturated heterocycles. The molecule has 152 valence electrons. The lowest BCUT2D eigenvalue weighted by Gasteiger charge is -2.32. The van der Waals surface area contributed by atoms with Gasteiger partial charge in [0.2, 0.25) is 5.91 Å². The predicted octanol–water partition coefficient (Wildman–Crippen LogP) is 3.01. The van der Waals surface area contributed by atoms with Gasteiger partial charge in [-0.15, -0.1) is 0 Å². The largest absolute Gasteiger partial charge is 0.341 e. The van der Waals surface area contributed by atoms with Crippen molar-refractivity contribution in [3.05, 3.63) is 35.4 Å². The quantitative estimate of drug-likeness (QED) is 0.813. The van der Waals surface area contributed by atoms with Crippen molar-refractivity contribution in [3.63, 3.8) is 0 Å². The van der Waals surface area contributed by atoms with Crippen LogP contribution in [0.4, 0.5) is 4.79 Å². The van der Waals surface area contributed by atoms with Crippen molar-refractivity contribution in [2.75, 3.05) is 19.6 Å². The summed E-state index contributed by atoms with van der Waals surface area (Å²) < 4.78 is 0. The predicted molar refractivity (Wildman–Crippen MR) is 108 cm³/mol. The van der Waals surface area contributed by atoms with Gasteiger partial charge in [0.05, 0.1) is 0 Å². The highest BCUT2D eigenvalue weighted by Crippen LogP contribution is 2.31. The minimum Gasteiger partial charge on any atom is -0.341 e. The van der Waals surface area contributed by atoms with Crippen LogP contribution < -0.4 is 5.32 Å². The van der Waals surface area contributed by atoms with Gasteiger partial charge in [0.1, 0.15) is 12.1 Å². The van der Waals surface area contributed by atoms with Crippen LogP contribution >= 0.6 is 0 Å². The number of nitrogens with zero attached hydrogens (tertiary/aromatic N) is 2. The van der Waals surface area contributed by atoms with Crippen molar-refractivity contribution in [2.24, 2.45) is 5.92 Å². The van der Waals surface area contributed by atoms with E-state index in [1.165, 1.54) is 0 Å². The third-order valence-electron chi connectivity index (χ3n) is 5.91. The van der Waals surface area contributed by atoms with Gasteiger partial charge in [-0.25, -0.2) is 4.79 Å². The number of piperidine rings is 1. The van der Waals surface area contributed by atoms with E-state index in [0.29, 0.717) is 19.0 Å². The Morgan fingerprint density at radius 2 is 1.86 bits per heavy atom. The fourth-order valence-electron chi connectivity index (χ4n) is 3.99. The fourth-order valence-corrected chi connectivity index (χ4v) is 3.99. The van der Waals surface area contributed by atoms with Crippen LogP contribution in [0.3, 0.4) is 0 Å². The first-order valence-corrected chi connectivity index (χ1v) is 10.1. The number of imide groups is 1. The summed E-state index contributed by atoms with van der Waals surface area (Å²) in [5.74, 6) is -0.0887. The summed E-state index contributed by atoms with van der Waals surface area (Å²) in [6.07, 6.45) is 2.07. The Kier molecular flexibility index (Phi) is 5.26. The third-order valence-corrected chi connectivity index (χ3v) is 5.91. The average Bonchev–Trinajstić information content (AvgIpc) is 2.85. The number of carbonyl (C=O) groups excluding carboxylic acids is 3. The molecule has 0 saturated carbocycles. The Bertz CT molecular complexity index is 781.